The van der Waals surface area contributed by atoms with Crippen LogP contribution in [-0.2, 0) is 0 Å². The zero-order valence-electron chi connectivity index (χ0n) is 11.2. The Kier molecular flexibility index (Phi) is 6.82. The third kappa shape index (κ3) is 5.55. The van der Waals surface area contributed by atoms with Crippen molar-refractivity contribution < 1.29 is 5.11 Å². The van der Waals surface area contributed by atoms with Crippen molar-refractivity contribution in [3.63, 3.8) is 0 Å². The lowest BCUT2D eigenvalue weighted by molar-refractivity contribution is 0.188. The molecule has 0 aliphatic carbocycles. The molecule has 1 aromatic heterocycles. The van der Waals surface area contributed by atoms with Crippen LogP contribution in [0.5, 0.6) is 0 Å². The van der Waals surface area contributed by atoms with Gasteiger partial charge in [-0.25, -0.2) is 9.97 Å². The molecule has 0 aliphatic heterocycles. The van der Waals surface area contributed by atoms with E-state index in [9.17, 15) is 5.11 Å². The normalized spacial score (nSPS) is 12.2. The van der Waals surface area contributed by atoms with Crippen LogP contribution in [0.15, 0.2) is 11.2 Å². The zero-order chi connectivity index (χ0) is 13.4. The van der Waals surface area contributed by atoms with E-state index in [-0.39, 0.29) is 6.10 Å². The summed E-state index contributed by atoms with van der Waals surface area (Å²) in [6, 6.07) is 1.90. The van der Waals surface area contributed by atoms with E-state index in [4.69, 9.17) is 0 Å². The molecular formula is C12H22N4OS. The van der Waals surface area contributed by atoms with Crippen LogP contribution in [0.25, 0.3) is 0 Å². The summed E-state index contributed by atoms with van der Waals surface area (Å²) in [5, 5.41) is 16.4. The van der Waals surface area contributed by atoms with Gasteiger partial charge in [0.1, 0.15) is 11.6 Å². The Labute approximate surface area is 113 Å². The van der Waals surface area contributed by atoms with Gasteiger partial charge in [-0.1, -0.05) is 18.7 Å². The Bertz CT molecular complexity index is 360. The number of nitrogens with zero attached hydrogens (tertiary/aromatic N) is 2. The number of anilines is 2. The van der Waals surface area contributed by atoms with Crippen molar-refractivity contribution in [1.82, 2.24) is 9.97 Å². The number of hydrogen-bond acceptors (Lipinski definition) is 6. The number of thioether (sulfide) groups is 1. The Morgan fingerprint density at radius 3 is 2.39 bits per heavy atom. The van der Waals surface area contributed by atoms with Crippen LogP contribution in [0, 0.1) is 0 Å². The summed E-state index contributed by atoms with van der Waals surface area (Å²) in [7, 11) is 0. The van der Waals surface area contributed by atoms with Gasteiger partial charge in [-0.2, -0.15) is 0 Å². The quantitative estimate of drug-likeness (QED) is 0.497. The topological polar surface area (TPSA) is 70.1 Å². The van der Waals surface area contributed by atoms with Gasteiger partial charge in [-0.05, 0) is 26.0 Å². The summed E-state index contributed by atoms with van der Waals surface area (Å²) in [6.07, 6.45) is 3.43. The number of aliphatic hydroxyl groups is 1. The minimum absolute atomic E-state index is 0.294. The fourth-order valence-corrected chi connectivity index (χ4v) is 1.74. The first-order valence-electron chi connectivity index (χ1n) is 6.24. The van der Waals surface area contributed by atoms with Crippen LogP contribution in [-0.4, -0.2) is 40.5 Å². The number of aliphatic hydroxyl groups excluding tert-OH is 1. The van der Waals surface area contributed by atoms with Crippen molar-refractivity contribution >= 4 is 23.4 Å². The molecule has 0 aromatic carbocycles. The van der Waals surface area contributed by atoms with E-state index in [1.54, 1.807) is 6.92 Å². The highest BCUT2D eigenvalue weighted by atomic mass is 32.2. The van der Waals surface area contributed by atoms with Gasteiger partial charge in [0.25, 0.3) is 0 Å². The lowest BCUT2D eigenvalue weighted by Crippen LogP contribution is -2.12. The number of nitrogens with one attached hydrogen (secondary N) is 2. The fourth-order valence-electron chi connectivity index (χ4n) is 1.36. The Hall–Kier alpha value is -1.01. The molecule has 0 amide bonds. The molecular weight excluding hydrogens is 248 g/mol. The lowest BCUT2D eigenvalue weighted by atomic mass is 10.3. The minimum Gasteiger partial charge on any atom is -0.393 e. The second-order valence-electron chi connectivity index (χ2n) is 4.12. The molecule has 1 atom stereocenters. The first kappa shape index (κ1) is 15.0. The van der Waals surface area contributed by atoms with Gasteiger partial charge in [0, 0.05) is 19.2 Å². The molecule has 0 bridgehead atoms. The summed E-state index contributed by atoms with van der Waals surface area (Å²) < 4.78 is 0. The molecule has 1 unspecified atom stereocenters. The monoisotopic (exact) mass is 270 g/mol. The van der Waals surface area contributed by atoms with Gasteiger partial charge in [-0.15, -0.1) is 0 Å². The molecule has 3 N–H and O–H groups in total. The van der Waals surface area contributed by atoms with E-state index in [1.807, 2.05) is 12.3 Å². The Morgan fingerprint density at radius 2 is 1.89 bits per heavy atom. The maximum absolute atomic E-state index is 9.21. The highest BCUT2D eigenvalue weighted by Gasteiger charge is 2.04. The molecule has 5 nitrogen and oxygen atoms in total. The number of rotatable bonds is 8. The van der Waals surface area contributed by atoms with E-state index >= 15 is 0 Å². The molecule has 6 heteroatoms. The van der Waals surface area contributed by atoms with E-state index in [2.05, 4.69) is 27.5 Å². The smallest absolute Gasteiger partial charge is 0.191 e. The molecule has 0 aliphatic rings. The second kappa shape index (κ2) is 8.16. The molecule has 18 heavy (non-hydrogen) atoms. The van der Waals surface area contributed by atoms with Crippen molar-refractivity contribution in [1.29, 1.82) is 0 Å². The van der Waals surface area contributed by atoms with Crippen LogP contribution in [0.1, 0.15) is 26.7 Å². The van der Waals surface area contributed by atoms with E-state index in [0.717, 1.165) is 29.8 Å². The summed E-state index contributed by atoms with van der Waals surface area (Å²) in [5.74, 6) is 1.64. The molecule has 0 saturated heterocycles. The highest BCUT2D eigenvalue weighted by Crippen LogP contribution is 2.17. The molecule has 1 rings (SSSR count). The van der Waals surface area contributed by atoms with Crippen LogP contribution >= 0.6 is 11.8 Å². The highest BCUT2D eigenvalue weighted by molar-refractivity contribution is 7.98. The largest absolute Gasteiger partial charge is 0.393 e. The van der Waals surface area contributed by atoms with Crippen LogP contribution in [0.4, 0.5) is 11.6 Å². The molecule has 0 spiro atoms. The molecule has 102 valence electrons. The molecule has 1 heterocycles. The second-order valence-corrected chi connectivity index (χ2v) is 4.89. The average molecular weight is 270 g/mol. The van der Waals surface area contributed by atoms with Crippen molar-refractivity contribution in [2.24, 2.45) is 0 Å². The Morgan fingerprint density at radius 1 is 1.28 bits per heavy atom. The third-order valence-corrected chi connectivity index (χ3v) is 2.86. The van der Waals surface area contributed by atoms with E-state index in [0.29, 0.717) is 13.0 Å². The minimum atomic E-state index is -0.294. The SMILES string of the molecule is CCCNc1cc(NCCC(C)O)nc(SC)n1. The van der Waals surface area contributed by atoms with Gasteiger partial charge < -0.3 is 15.7 Å². The van der Waals surface area contributed by atoms with E-state index in [1.165, 1.54) is 11.8 Å². The maximum Gasteiger partial charge on any atom is 0.191 e. The first-order valence-corrected chi connectivity index (χ1v) is 7.47. The molecule has 1 aromatic rings. The van der Waals surface area contributed by atoms with Gasteiger partial charge in [0.15, 0.2) is 5.16 Å². The number of hydrogen-bond donors (Lipinski definition) is 3. The van der Waals surface area contributed by atoms with Crippen molar-refractivity contribution in [2.75, 3.05) is 30.0 Å². The first-order chi connectivity index (χ1) is 8.65. The standard InChI is InChI=1S/C12H22N4OS/c1-4-6-13-10-8-11(14-7-5-9(2)17)16-12(15-10)18-3/h8-9,17H,4-7H2,1-3H3,(H2,13,14,15,16). The van der Waals surface area contributed by atoms with Gasteiger partial charge in [0.2, 0.25) is 0 Å². The third-order valence-electron chi connectivity index (χ3n) is 2.31. The van der Waals surface area contributed by atoms with Crippen molar-refractivity contribution in [2.45, 2.75) is 37.9 Å². The van der Waals surface area contributed by atoms with Crippen LogP contribution < -0.4 is 10.6 Å². The fraction of sp³-hybridized carbons (Fsp3) is 0.667. The van der Waals surface area contributed by atoms with Gasteiger partial charge in [0.05, 0.1) is 6.10 Å². The van der Waals surface area contributed by atoms with Crippen molar-refractivity contribution in [3.8, 4) is 0 Å². The number of aromatic nitrogens is 2. The van der Waals surface area contributed by atoms with Gasteiger partial charge >= 0.3 is 0 Å². The summed E-state index contributed by atoms with van der Waals surface area (Å²) in [6.45, 7) is 5.50. The summed E-state index contributed by atoms with van der Waals surface area (Å²) in [5.41, 5.74) is 0. The molecule has 0 radical (unpaired) electrons. The lowest BCUT2D eigenvalue weighted by Gasteiger charge is -2.10. The maximum atomic E-state index is 9.21. The average Bonchev–Trinajstić information content (AvgIpc) is 2.35. The van der Waals surface area contributed by atoms with Crippen LogP contribution in [0.3, 0.4) is 0 Å². The Balaban J connectivity index is 2.64. The molecule has 0 fully saturated rings. The zero-order valence-corrected chi connectivity index (χ0v) is 12.0. The predicted molar refractivity (Wildman–Crippen MR) is 77.4 cm³/mol. The van der Waals surface area contributed by atoms with Gasteiger partial charge in [-0.3, -0.25) is 0 Å². The van der Waals surface area contributed by atoms with Crippen molar-refractivity contribution in [3.05, 3.63) is 6.07 Å². The predicted octanol–water partition coefficient (Wildman–Crippen LogP) is 2.20. The summed E-state index contributed by atoms with van der Waals surface area (Å²) >= 11 is 1.52. The van der Waals surface area contributed by atoms with Crippen LogP contribution in [0.2, 0.25) is 0 Å². The van der Waals surface area contributed by atoms with E-state index < -0.39 is 0 Å². The molecule has 0 saturated carbocycles. The summed E-state index contributed by atoms with van der Waals surface area (Å²) in [4.78, 5) is 8.76.